The molecule has 6 nitrogen and oxygen atoms in total. The highest BCUT2D eigenvalue weighted by molar-refractivity contribution is 7.99. The van der Waals surface area contributed by atoms with Crippen LogP contribution in [-0.2, 0) is 11.2 Å². The van der Waals surface area contributed by atoms with Crippen LogP contribution in [0.25, 0.3) is 5.69 Å². The topological polar surface area (TPSA) is 63.6 Å². The van der Waals surface area contributed by atoms with Crippen molar-refractivity contribution in [1.29, 1.82) is 0 Å². The normalized spacial score (nSPS) is 18.1. The minimum absolute atomic E-state index is 0.135. The second kappa shape index (κ2) is 10.1. The van der Waals surface area contributed by atoms with Gasteiger partial charge in [-0.15, -0.1) is 23.1 Å². The minimum Gasteiger partial charge on any atom is -0.379 e. The highest BCUT2D eigenvalue weighted by atomic mass is 32.2. The smallest absolute Gasteiger partial charge is 0.257 e. The Bertz CT molecular complexity index is 1260. The Morgan fingerprint density at radius 2 is 1.97 bits per heavy atom. The third-order valence-corrected chi connectivity index (χ3v) is 9.06. The Labute approximate surface area is 207 Å². The van der Waals surface area contributed by atoms with Gasteiger partial charge in [-0.25, -0.2) is 0 Å². The molecular formula is C26H29N3O3S2. The number of aromatic nitrogens is 1. The molecule has 1 saturated heterocycles. The fraction of sp³-hybridized carbons (Fsp3) is 0.385. The molecule has 0 radical (unpaired) electrons. The van der Waals surface area contributed by atoms with Gasteiger partial charge in [0, 0.05) is 65.1 Å². The number of aryl methyl sites for hydroxylation is 2. The Morgan fingerprint density at radius 1 is 1.18 bits per heavy atom. The molecule has 3 aromatic rings. The summed E-state index contributed by atoms with van der Waals surface area (Å²) in [6, 6.07) is 12.0. The van der Waals surface area contributed by atoms with E-state index in [2.05, 4.69) is 45.3 Å². The fourth-order valence-electron chi connectivity index (χ4n) is 4.78. The summed E-state index contributed by atoms with van der Waals surface area (Å²) < 4.78 is 7.52. The Hall–Kier alpha value is -2.39. The molecule has 1 fully saturated rings. The van der Waals surface area contributed by atoms with Crippen molar-refractivity contribution in [2.75, 3.05) is 39.4 Å². The Morgan fingerprint density at radius 3 is 2.74 bits per heavy atom. The molecule has 5 rings (SSSR count). The number of carbonyl (C=O) groups excluding carboxylic acids is 1. The summed E-state index contributed by atoms with van der Waals surface area (Å²) in [6.07, 6.45) is 0.615. The van der Waals surface area contributed by atoms with Crippen LogP contribution in [0, 0.1) is 13.8 Å². The van der Waals surface area contributed by atoms with Crippen LogP contribution < -0.4 is 10.7 Å². The summed E-state index contributed by atoms with van der Waals surface area (Å²) in [5.41, 5.74) is 3.98. The number of fused-ring (bicyclic) bond motifs is 3. The summed E-state index contributed by atoms with van der Waals surface area (Å²) in [5, 5.41) is 5.27. The maximum atomic E-state index is 13.4. The van der Waals surface area contributed by atoms with Gasteiger partial charge in [-0.2, -0.15) is 0 Å². The van der Waals surface area contributed by atoms with Crippen molar-refractivity contribution in [3.63, 3.8) is 0 Å². The molecule has 2 aromatic heterocycles. The maximum absolute atomic E-state index is 13.4. The van der Waals surface area contributed by atoms with Gasteiger partial charge in [0.1, 0.15) is 5.56 Å². The molecule has 178 valence electrons. The SMILES string of the molecule is Cc1ccsc1[C@@H]1Cc2c(C(=O)NCCN3CCOCC3)c(=O)cc(C)n2-c2ccccc2S1. The fourth-order valence-corrected chi connectivity index (χ4v) is 7.28. The number of ether oxygens (including phenoxy) is 1. The molecule has 0 bridgehead atoms. The number of nitrogens with one attached hydrogen (secondary N) is 1. The molecule has 2 aliphatic heterocycles. The second-order valence-electron chi connectivity index (χ2n) is 8.76. The van der Waals surface area contributed by atoms with Gasteiger partial charge >= 0.3 is 0 Å². The number of benzene rings is 1. The van der Waals surface area contributed by atoms with E-state index in [1.807, 2.05) is 30.8 Å². The summed E-state index contributed by atoms with van der Waals surface area (Å²) in [4.78, 5) is 31.3. The van der Waals surface area contributed by atoms with E-state index in [0.29, 0.717) is 13.0 Å². The lowest BCUT2D eigenvalue weighted by atomic mass is 10.0. The van der Waals surface area contributed by atoms with E-state index < -0.39 is 0 Å². The predicted molar refractivity (Wildman–Crippen MR) is 138 cm³/mol. The summed E-state index contributed by atoms with van der Waals surface area (Å²) in [5.74, 6) is -0.284. The first kappa shape index (κ1) is 23.4. The first-order valence-electron chi connectivity index (χ1n) is 11.7. The average Bonchev–Trinajstić information content (AvgIpc) is 3.17. The summed E-state index contributed by atoms with van der Waals surface area (Å²) >= 11 is 3.56. The second-order valence-corrected chi connectivity index (χ2v) is 11.0. The number of pyridine rings is 1. The molecule has 0 saturated carbocycles. The predicted octanol–water partition coefficient (Wildman–Crippen LogP) is 3.97. The van der Waals surface area contributed by atoms with Crippen LogP contribution in [-0.4, -0.2) is 54.8 Å². The third-order valence-electron chi connectivity index (χ3n) is 6.49. The van der Waals surface area contributed by atoms with Crippen LogP contribution in [0.5, 0.6) is 0 Å². The first-order chi connectivity index (χ1) is 16.5. The molecule has 2 aliphatic rings. The lowest BCUT2D eigenvalue weighted by Gasteiger charge is -2.26. The minimum atomic E-state index is -0.284. The van der Waals surface area contributed by atoms with Crippen molar-refractivity contribution in [1.82, 2.24) is 14.8 Å². The average molecular weight is 496 g/mol. The van der Waals surface area contributed by atoms with Gasteiger partial charge in [-0.1, -0.05) is 12.1 Å². The molecule has 1 atom stereocenters. The van der Waals surface area contributed by atoms with E-state index in [9.17, 15) is 9.59 Å². The molecule has 1 amide bonds. The van der Waals surface area contributed by atoms with Crippen molar-refractivity contribution in [2.24, 2.45) is 0 Å². The lowest BCUT2D eigenvalue weighted by molar-refractivity contribution is 0.0383. The number of rotatable bonds is 5. The van der Waals surface area contributed by atoms with Crippen LogP contribution in [0.15, 0.2) is 51.5 Å². The number of amides is 1. The Kier molecular flexibility index (Phi) is 6.92. The van der Waals surface area contributed by atoms with Gasteiger partial charge in [0.2, 0.25) is 0 Å². The molecule has 1 N–H and O–H groups in total. The van der Waals surface area contributed by atoms with Crippen molar-refractivity contribution in [3.05, 3.63) is 79.4 Å². The van der Waals surface area contributed by atoms with Crippen LogP contribution in [0.4, 0.5) is 0 Å². The molecule has 4 heterocycles. The zero-order chi connectivity index (χ0) is 23.7. The number of hydrogen-bond acceptors (Lipinski definition) is 6. The number of hydrogen-bond donors (Lipinski definition) is 1. The highest BCUT2D eigenvalue weighted by Crippen LogP contribution is 2.46. The molecule has 8 heteroatoms. The highest BCUT2D eigenvalue weighted by Gasteiger charge is 2.30. The zero-order valence-corrected chi connectivity index (χ0v) is 21.1. The van der Waals surface area contributed by atoms with Crippen molar-refractivity contribution >= 4 is 29.0 Å². The first-order valence-corrected chi connectivity index (χ1v) is 13.4. The molecule has 0 unspecified atom stereocenters. The van der Waals surface area contributed by atoms with E-state index in [1.165, 1.54) is 10.4 Å². The van der Waals surface area contributed by atoms with E-state index in [1.54, 1.807) is 17.4 Å². The van der Waals surface area contributed by atoms with Gasteiger partial charge in [0.15, 0.2) is 5.43 Å². The van der Waals surface area contributed by atoms with Crippen LogP contribution >= 0.6 is 23.1 Å². The number of para-hydroxylation sites is 1. The van der Waals surface area contributed by atoms with Crippen LogP contribution in [0.3, 0.4) is 0 Å². The molecule has 1 aromatic carbocycles. The van der Waals surface area contributed by atoms with Crippen molar-refractivity contribution in [2.45, 2.75) is 30.4 Å². The quantitative estimate of drug-likeness (QED) is 0.580. The number of thiophene rings is 1. The standard InChI is InChI=1S/C26H29N3O3S2/c1-17-7-14-33-25(17)23-16-20-24(26(31)27-8-9-28-10-12-32-13-11-28)21(30)15-18(2)29(20)19-5-3-4-6-22(19)34-23/h3-7,14-15,23H,8-13,16H2,1-2H3,(H,27,31)/t23-/m0/s1. The number of nitrogens with zero attached hydrogens (tertiary/aromatic N) is 2. The number of carbonyl (C=O) groups is 1. The van der Waals surface area contributed by atoms with E-state index >= 15 is 0 Å². The van der Waals surface area contributed by atoms with Gasteiger partial charge in [-0.05, 0) is 43.0 Å². The van der Waals surface area contributed by atoms with Crippen LogP contribution in [0.1, 0.15) is 37.4 Å². The molecule has 0 spiro atoms. The molecule has 34 heavy (non-hydrogen) atoms. The Balaban J connectivity index is 1.53. The van der Waals surface area contributed by atoms with E-state index in [0.717, 1.165) is 54.8 Å². The van der Waals surface area contributed by atoms with E-state index in [-0.39, 0.29) is 22.1 Å². The summed E-state index contributed by atoms with van der Waals surface area (Å²) in [6.45, 7) is 8.52. The maximum Gasteiger partial charge on any atom is 0.257 e. The van der Waals surface area contributed by atoms with E-state index in [4.69, 9.17) is 4.74 Å². The monoisotopic (exact) mass is 495 g/mol. The van der Waals surface area contributed by atoms with Gasteiger partial charge in [0.25, 0.3) is 5.91 Å². The molecular weight excluding hydrogens is 466 g/mol. The van der Waals surface area contributed by atoms with Gasteiger partial charge in [-0.3, -0.25) is 14.5 Å². The number of morpholine rings is 1. The third kappa shape index (κ3) is 4.60. The van der Waals surface area contributed by atoms with Gasteiger partial charge in [0.05, 0.1) is 18.9 Å². The van der Waals surface area contributed by atoms with Crippen molar-refractivity contribution in [3.8, 4) is 5.69 Å². The number of thioether (sulfide) groups is 1. The largest absolute Gasteiger partial charge is 0.379 e. The van der Waals surface area contributed by atoms with Crippen molar-refractivity contribution < 1.29 is 9.53 Å². The van der Waals surface area contributed by atoms with Crippen LogP contribution in [0.2, 0.25) is 0 Å². The van der Waals surface area contributed by atoms with Gasteiger partial charge < -0.3 is 14.6 Å². The zero-order valence-electron chi connectivity index (χ0n) is 19.5. The molecule has 0 aliphatic carbocycles. The lowest BCUT2D eigenvalue weighted by Crippen LogP contribution is -2.42. The summed E-state index contributed by atoms with van der Waals surface area (Å²) in [7, 11) is 0.